The predicted octanol–water partition coefficient (Wildman–Crippen LogP) is 2.54. The molecule has 0 amide bonds. The van der Waals surface area contributed by atoms with Gasteiger partial charge in [0.2, 0.25) is 0 Å². The molecule has 0 radical (unpaired) electrons. The lowest BCUT2D eigenvalue weighted by Gasteiger charge is -2.23. The van der Waals surface area contributed by atoms with Crippen LogP contribution in [0.5, 0.6) is 5.75 Å². The van der Waals surface area contributed by atoms with Gasteiger partial charge in [0.15, 0.2) is 5.75 Å². The van der Waals surface area contributed by atoms with Gasteiger partial charge in [0, 0.05) is 24.4 Å². The second-order valence-corrected chi connectivity index (χ2v) is 5.85. The first-order chi connectivity index (χ1) is 9.11. The minimum Gasteiger partial charge on any atom is -0.490 e. The lowest BCUT2D eigenvalue weighted by Crippen LogP contribution is -2.30. The van der Waals surface area contributed by atoms with Crippen LogP contribution in [0.15, 0.2) is 18.2 Å². The van der Waals surface area contributed by atoms with E-state index in [4.69, 9.17) is 4.74 Å². The highest BCUT2D eigenvalue weighted by Crippen LogP contribution is 2.29. The minimum absolute atomic E-state index is 0.0363. The topological polar surface area (TPSA) is 55.6 Å². The number of methoxy groups -OCH3 is 1. The second-order valence-electron chi connectivity index (χ2n) is 4.70. The van der Waals surface area contributed by atoms with Crippen LogP contribution in [0.3, 0.4) is 0 Å². The Balaban J connectivity index is 2.11. The molecule has 0 aliphatic carbocycles. The fraction of sp³-hybridized carbons (Fsp3) is 0.538. The molecule has 1 aliphatic heterocycles. The number of nitrogens with zero attached hydrogens (tertiary/aromatic N) is 2. The minimum atomic E-state index is -0.395. The van der Waals surface area contributed by atoms with Gasteiger partial charge in [-0.15, -0.1) is 0 Å². The molecule has 1 aromatic rings. The fourth-order valence-electron chi connectivity index (χ4n) is 2.26. The summed E-state index contributed by atoms with van der Waals surface area (Å²) in [5.74, 6) is 2.67. The van der Waals surface area contributed by atoms with Crippen molar-refractivity contribution in [1.29, 1.82) is 0 Å². The van der Waals surface area contributed by atoms with Crippen molar-refractivity contribution < 1.29 is 9.66 Å². The van der Waals surface area contributed by atoms with E-state index in [9.17, 15) is 10.1 Å². The smallest absolute Gasteiger partial charge is 0.311 e. The van der Waals surface area contributed by atoms with E-state index in [1.165, 1.54) is 19.3 Å². The van der Waals surface area contributed by atoms with Crippen molar-refractivity contribution in [2.45, 2.75) is 19.0 Å². The summed E-state index contributed by atoms with van der Waals surface area (Å²) in [5, 5.41) is 11.0. The van der Waals surface area contributed by atoms with Crippen LogP contribution >= 0.6 is 11.8 Å². The van der Waals surface area contributed by atoms with E-state index >= 15 is 0 Å². The summed E-state index contributed by atoms with van der Waals surface area (Å²) in [6.07, 6.45) is 1.19. The van der Waals surface area contributed by atoms with E-state index in [2.05, 4.69) is 11.9 Å². The molecule has 0 saturated carbocycles. The number of hydrogen-bond donors (Lipinski definition) is 0. The third-order valence-electron chi connectivity index (χ3n) is 3.40. The average molecular weight is 282 g/mol. The number of benzene rings is 1. The molecule has 104 valence electrons. The highest BCUT2D eigenvalue weighted by Gasteiger charge is 2.21. The van der Waals surface area contributed by atoms with Crippen molar-refractivity contribution in [2.24, 2.45) is 0 Å². The summed E-state index contributed by atoms with van der Waals surface area (Å²) < 4.78 is 5.01. The van der Waals surface area contributed by atoms with Gasteiger partial charge in [-0.3, -0.25) is 15.0 Å². The molecule has 1 saturated heterocycles. The third-order valence-corrected chi connectivity index (χ3v) is 4.55. The predicted molar refractivity (Wildman–Crippen MR) is 76.8 cm³/mol. The molecule has 0 spiro atoms. The largest absolute Gasteiger partial charge is 0.490 e. The Kier molecular flexibility index (Phi) is 4.66. The fourth-order valence-corrected chi connectivity index (χ4v) is 3.56. The Labute approximate surface area is 117 Å². The molecule has 19 heavy (non-hydrogen) atoms. The molecule has 5 nitrogen and oxygen atoms in total. The Morgan fingerprint density at radius 1 is 1.58 bits per heavy atom. The van der Waals surface area contributed by atoms with Gasteiger partial charge < -0.3 is 4.74 Å². The quantitative estimate of drug-likeness (QED) is 0.613. The van der Waals surface area contributed by atoms with Crippen LogP contribution in [0.2, 0.25) is 0 Å². The molecule has 1 aliphatic rings. The zero-order valence-corrected chi connectivity index (χ0v) is 12.0. The molecule has 1 fully saturated rings. The Morgan fingerprint density at radius 2 is 2.37 bits per heavy atom. The van der Waals surface area contributed by atoms with E-state index in [1.54, 1.807) is 12.1 Å². The number of nitro benzene ring substituents is 1. The van der Waals surface area contributed by atoms with Crippen molar-refractivity contribution >= 4 is 17.4 Å². The van der Waals surface area contributed by atoms with E-state index in [1.807, 2.05) is 17.8 Å². The molecular weight excluding hydrogens is 264 g/mol. The summed E-state index contributed by atoms with van der Waals surface area (Å²) >= 11 is 1.97. The summed E-state index contributed by atoms with van der Waals surface area (Å²) in [7, 11) is 3.52. The van der Waals surface area contributed by atoms with Crippen molar-refractivity contribution in [3.8, 4) is 5.75 Å². The summed E-state index contributed by atoms with van der Waals surface area (Å²) in [6.45, 7) is 0.732. The first-order valence-corrected chi connectivity index (χ1v) is 7.36. The van der Waals surface area contributed by atoms with Gasteiger partial charge in [-0.2, -0.15) is 11.8 Å². The Hall–Kier alpha value is -1.27. The normalized spacial score (nSPS) is 18.8. The van der Waals surface area contributed by atoms with Gasteiger partial charge in [-0.25, -0.2) is 0 Å². The first kappa shape index (κ1) is 14.1. The molecule has 0 aromatic heterocycles. The zero-order chi connectivity index (χ0) is 13.8. The van der Waals surface area contributed by atoms with E-state index in [-0.39, 0.29) is 5.69 Å². The monoisotopic (exact) mass is 282 g/mol. The van der Waals surface area contributed by atoms with Gasteiger partial charge in [0.05, 0.1) is 12.0 Å². The van der Waals surface area contributed by atoms with Crippen LogP contribution in [0.1, 0.15) is 12.0 Å². The molecule has 2 rings (SSSR count). The van der Waals surface area contributed by atoms with Crippen LogP contribution in [0.4, 0.5) is 5.69 Å². The maximum Gasteiger partial charge on any atom is 0.311 e. The van der Waals surface area contributed by atoms with Crippen LogP contribution in [0, 0.1) is 10.1 Å². The maximum absolute atomic E-state index is 11.0. The molecular formula is C13H18N2O3S. The highest BCUT2D eigenvalue weighted by molar-refractivity contribution is 7.99. The van der Waals surface area contributed by atoms with Gasteiger partial charge >= 0.3 is 5.69 Å². The van der Waals surface area contributed by atoms with Gasteiger partial charge in [0.1, 0.15) is 0 Å². The molecule has 6 heteroatoms. The first-order valence-electron chi connectivity index (χ1n) is 6.21. The number of ether oxygens (including phenoxy) is 1. The summed E-state index contributed by atoms with van der Waals surface area (Å²) in [6, 6.07) is 5.75. The second kappa shape index (κ2) is 6.25. The van der Waals surface area contributed by atoms with Gasteiger partial charge in [-0.1, -0.05) is 6.07 Å². The zero-order valence-electron chi connectivity index (χ0n) is 11.2. The molecule has 1 aromatic carbocycles. The number of thioether (sulfide) groups is 1. The van der Waals surface area contributed by atoms with E-state index < -0.39 is 4.92 Å². The SMILES string of the molecule is COc1ccc(CN(C)C2CCSC2)cc1[N+](=O)[O-]. The van der Waals surface area contributed by atoms with E-state index in [0.29, 0.717) is 11.8 Å². The van der Waals surface area contributed by atoms with Crippen LogP contribution < -0.4 is 4.74 Å². The van der Waals surface area contributed by atoms with Crippen molar-refractivity contribution in [2.75, 3.05) is 25.7 Å². The molecule has 0 bridgehead atoms. The standard InChI is InChI=1S/C13H18N2O3S/c1-14(11-5-6-19-9-11)8-10-3-4-13(18-2)12(7-10)15(16)17/h3-4,7,11H,5-6,8-9H2,1-2H3. The number of nitro groups is 1. The third kappa shape index (κ3) is 3.39. The number of hydrogen-bond acceptors (Lipinski definition) is 5. The lowest BCUT2D eigenvalue weighted by atomic mass is 10.1. The summed E-state index contributed by atoms with van der Waals surface area (Å²) in [4.78, 5) is 12.9. The van der Waals surface area contributed by atoms with Crippen LogP contribution in [-0.2, 0) is 6.54 Å². The average Bonchev–Trinajstić information content (AvgIpc) is 2.92. The Bertz CT molecular complexity index is 461. The lowest BCUT2D eigenvalue weighted by molar-refractivity contribution is -0.385. The van der Waals surface area contributed by atoms with Gasteiger partial charge in [-0.05, 0) is 30.9 Å². The van der Waals surface area contributed by atoms with Gasteiger partial charge in [0.25, 0.3) is 0 Å². The van der Waals surface area contributed by atoms with Crippen molar-refractivity contribution in [3.63, 3.8) is 0 Å². The summed E-state index contributed by atoms with van der Waals surface area (Å²) in [5.41, 5.74) is 0.987. The van der Waals surface area contributed by atoms with Crippen molar-refractivity contribution in [3.05, 3.63) is 33.9 Å². The van der Waals surface area contributed by atoms with Crippen LogP contribution in [0.25, 0.3) is 0 Å². The highest BCUT2D eigenvalue weighted by atomic mass is 32.2. The van der Waals surface area contributed by atoms with Crippen LogP contribution in [-0.4, -0.2) is 41.5 Å². The molecule has 1 unspecified atom stereocenters. The molecule has 0 N–H and O–H groups in total. The Morgan fingerprint density at radius 3 is 2.95 bits per heavy atom. The van der Waals surface area contributed by atoms with E-state index in [0.717, 1.165) is 17.9 Å². The van der Waals surface area contributed by atoms with Crippen molar-refractivity contribution in [1.82, 2.24) is 4.90 Å². The molecule has 1 heterocycles. The number of rotatable bonds is 5. The maximum atomic E-state index is 11.0. The molecule has 1 atom stereocenters.